The quantitative estimate of drug-likeness (QED) is 0.390. The highest BCUT2D eigenvalue weighted by atomic mass is 79.9. The van der Waals surface area contributed by atoms with Gasteiger partial charge in [-0.2, -0.15) is 0 Å². The van der Waals surface area contributed by atoms with Gasteiger partial charge in [0.15, 0.2) is 5.16 Å². The average molecular weight is 503 g/mol. The van der Waals surface area contributed by atoms with Crippen LogP contribution in [-0.2, 0) is 14.6 Å². The number of thiophene rings is 1. The van der Waals surface area contributed by atoms with Crippen molar-refractivity contribution in [2.24, 2.45) is 0 Å². The maximum atomic E-state index is 13.5. The van der Waals surface area contributed by atoms with Gasteiger partial charge in [-0.1, -0.05) is 23.9 Å². The van der Waals surface area contributed by atoms with Crippen molar-refractivity contribution in [3.8, 4) is 0 Å². The number of carbonyl (C=O) groups excluding carboxylic acids is 1. The predicted molar refractivity (Wildman–Crippen MR) is 110 cm³/mol. The van der Waals surface area contributed by atoms with Gasteiger partial charge in [0.05, 0.1) is 21.4 Å². The Morgan fingerprint density at radius 1 is 1.29 bits per heavy atom. The largest absolute Gasteiger partial charge is 0.382 e. The van der Waals surface area contributed by atoms with E-state index in [1.807, 2.05) is 0 Å². The number of thioether (sulfide) groups is 1. The van der Waals surface area contributed by atoms with Gasteiger partial charge in [-0.05, 0) is 40.2 Å². The van der Waals surface area contributed by atoms with Crippen LogP contribution in [0.1, 0.15) is 0 Å². The summed E-state index contributed by atoms with van der Waals surface area (Å²) in [5.74, 6) is -1.32. The van der Waals surface area contributed by atoms with Gasteiger partial charge in [0.25, 0.3) is 0 Å². The molecule has 0 aliphatic carbocycles. The van der Waals surface area contributed by atoms with Crippen molar-refractivity contribution in [2.75, 3.05) is 16.8 Å². The van der Waals surface area contributed by atoms with Crippen molar-refractivity contribution < 1.29 is 17.6 Å². The molecule has 2 heterocycles. The molecule has 0 spiro atoms. The molecule has 0 saturated carbocycles. The van der Waals surface area contributed by atoms with E-state index < -0.39 is 21.6 Å². The summed E-state index contributed by atoms with van der Waals surface area (Å²) < 4.78 is 39.5. The lowest BCUT2D eigenvalue weighted by Crippen LogP contribution is -2.15. The third-order valence-corrected chi connectivity index (χ3v) is 8.09. The number of hydrogen-bond acceptors (Lipinski definition) is 8. The molecule has 0 aliphatic heterocycles. The Morgan fingerprint density at radius 3 is 2.68 bits per heavy atom. The summed E-state index contributed by atoms with van der Waals surface area (Å²) in [5.41, 5.74) is 5.87. The second-order valence-electron chi connectivity index (χ2n) is 5.28. The van der Waals surface area contributed by atoms with E-state index in [0.29, 0.717) is 3.79 Å². The number of amides is 1. The standard InChI is InChI=1S/C16H12BrFN4O3S3/c17-12-5-6-14(27-12)28(24,25)11-7-20-16(22-15(11)19)26-8-13(23)21-10-4-2-1-3-9(10)18/h1-7H,8H2,(H,21,23)(H2,19,20,22). The number of carbonyl (C=O) groups is 1. The Morgan fingerprint density at radius 2 is 2.04 bits per heavy atom. The van der Waals surface area contributed by atoms with Gasteiger partial charge >= 0.3 is 0 Å². The molecule has 146 valence electrons. The maximum absolute atomic E-state index is 13.5. The molecule has 1 amide bonds. The zero-order valence-corrected chi connectivity index (χ0v) is 18.0. The predicted octanol–water partition coefficient (Wildman–Crippen LogP) is 3.59. The molecule has 3 aromatic rings. The van der Waals surface area contributed by atoms with Crippen molar-refractivity contribution in [3.05, 3.63) is 52.2 Å². The molecule has 3 rings (SSSR count). The van der Waals surface area contributed by atoms with Crippen molar-refractivity contribution in [1.29, 1.82) is 0 Å². The number of sulfone groups is 1. The molecule has 0 radical (unpaired) electrons. The number of nitrogens with zero attached hydrogens (tertiary/aromatic N) is 2. The molecular weight excluding hydrogens is 491 g/mol. The maximum Gasteiger partial charge on any atom is 0.234 e. The normalized spacial score (nSPS) is 11.4. The number of anilines is 2. The molecule has 0 atom stereocenters. The van der Waals surface area contributed by atoms with Crippen LogP contribution in [0.2, 0.25) is 0 Å². The van der Waals surface area contributed by atoms with E-state index >= 15 is 0 Å². The minimum Gasteiger partial charge on any atom is -0.382 e. The zero-order valence-electron chi connectivity index (χ0n) is 13.9. The van der Waals surface area contributed by atoms with E-state index in [0.717, 1.165) is 29.3 Å². The zero-order chi connectivity index (χ0) is 20.3. The number of benzene rings is 1. The van der Waals surface area contributed by atoms with Crippen molar-refractivity contribution >= 4 is 66.3 Å². The van der Waals surface area contributed by atoms with Crippen LogP contribution in [0.15, 0.2) is 60.6 Å². The SMILES string of the molecule is Nc1nc(SCC(=O)Nc2ccccc2F)ncc1S(=O)(=O)c1ccc(Br)s1. The first kappa shape index (κ1) is 20.7. The van der Waals surface area contributed by atoms with Gasteiger partial charge in [0.1, 0.15) is 20.7 Å². The Bertz CT molecular complexity index is 1140. The van der Waals surface area contributed by atoms with Gasteiger partial charge in [-0.15, -0.1) is 11.3 Å². The smallest absolute Gasteiger partial charge is 0.234 e. The number of nitrogen functional groups attached to an aromatic ring is 1. The first-order chi connectivity index (χ1) is 13.3. The van der Waals surface area contributed by atoms with E-state index in [-0.39, 0.29) is 31.5 Å². The number of nitrogens with one attached hydrogen (secondary N) is 1. The van der Waals surface area contributed by atoms with E-state index in [2.05, 4.69) is 31.2 Å². The molecule has 3 N–H and O–H groups in total. The van der Waals surface area contributed by atoms with Crippen LogP contribution in [0, 0.1) is 5.82 Å². The van der Waals surface area contributed by atoms with Crippen molar-refractivity contribution in [3.63, 3.8) is 0 Å². The highest BCUT2D eigenvalue weighted by Gasteiger charge is 2.24. The van der Waals surface area contributed by atoms with Crippen LogP contribution in [0.5, 0.6) is 0 Å². The van der Waals surface area contributed by atoms with Gasteiger partial charge in [0.2, 0.25) is 15.7 Å². The Kier molecular flexibility index (Phi) is 6.33. The van der Waals surface area contributed by atoms with E-state index in [9.17, 15) is 17.6 Å². The molecule has 0 aliphatic rings. The number of hydrogen-bond donors (Lipinski definition) is 2. The third kappa shape index (κ3) is 4.69. The summed E-state index contributed by atoms with van der Waals surface area (Å²) in [7, 11) is -3.83. The van der Waals surface area contributed by atoms with E-state index in [1.54, 1.807) is 12.1 Å². The molecular formula is C16H12BrFN4O3S3. The van der Waals surface area contributed by atoms with Gasteiger partial charge in [-0.3, -0.25) is 4.79 Å². The van der Waals surface area contributed by atoms with Gasteiger partial charge in [-0.25, -0.2) is 22.8 Å². The topological polar surface area (TPSA) is 115 Å². The average Bonchev–Trinajstić information content (AvgIpc) is 3.09. The lowest BCUT2D eigenvalue weighted by atomic mass is 10.3. The van der Waals surface area contributed by atoms with Crippen molar-refractivity contribution in [1.82, 2.24) is 9.97 Å². The molecule has 0 bridgehead atoms. The molecule has 1 aromatic carbocycles. The summed E-state index contributed by atoms with van der Waals surface area (Å²) in [6.45, 7) is 0. The molecule has 2 aromatic heterocycles. The molecule has 0 unspecified atom stereocenters. The van der Waals surface area contributed by atoms with Crippen LogP contribution in [0.3, 0.4) is 0 Å². The highest BCUT2D eigenvalue weighted by Crippen LogP contribution is 2.32. The number of rotatable bonds is 6. The Balaban J connectivity index is 1.69. The lowest BCUT2D eigenvalue weighted by molar-refractivity contribution is -0.113. The summed E-state index contributed by atoms with van der Waals surface area (Å²) in [4.78, 5) is 19.7. The molecule has 28 heavy (non-hydrogen) atoms. The fraction of sp³-hybridized carbons (Fsp3) is 0.0625. The fourth-order valence-corrected chi connectivity index (χ4v) is 6.09. The number of aromatic nitrogens is 2. The van der Waals surface area contributed by atoms with Crippen LogP contribution < -0.4 is 11.1 Å². The summed E-state index contributed by atoms with van der Waals surface area (Å²) in [5, 5.41) is 2.57. The van der Waals surface area contributed by atoms with E-state index in [4.69, 9.17) is 5.73 Å². The lowest BCUT2D eigenvalue weighted by Gasteiger charge is -2.07. The Hall–Kier alpha value is -2.02. The summed E-state index contributed by atoms with van der Waals surface area (Å²) >= 11 is 5.21. The molecule has 0 fully saturated rings. The van der Waals surface area contributed by atoms with Gasteiger partial charge in [0, 0.05) is 0 Å². The molecule has 12 heteroatoms. The number of halogens is 2. The van der Waals surface area contributed by atoms with Crippen molar-refractivity contribution in [2.45, 2.75) is 14.3 Å². The van der Waals surface area contributed by atoms with Gasteiger partial charge < -0.3 is 11.1 Å². The highest BCUT2D eigenvalue weighted by molar-refractivity contribution is 9.11. The van der Waals surface area contributed by atoms with E-state index in [1.165, 1.54) is 24.3 Å². The van der Waals surface area contributed by atoms with Crippen LogP contribution in [-0.4, -0.2) is 30.0 Å². The fourth-order valence-electron chi connectivity index (χ4n) is 2.07. The minimum atomic E-state index is -3.83. The summed E-state index contributed by atoms with van der Waals surface area (Å²) in [6.07, 6.45) is 1.11. The number of nitrogens with two attached hydrogens (primary N) is 1. The number of para-hydroxylation sites is 1. The first-order valence-electron chi connectivity index (χ1n) is 7.57. The summed E-state index contributed by atoms with van der Waals surface area (Å²) in [6, 6.07) is 8.86. The van der Waals surface area contributed by atoms with Crippen LogP contribution in [0.25, 0.3) is 0 Å². The minimum absolute atomic E-state index is 0.0667. The molecule has 7 nitrogen and oxygen atoms in total. The second-order valence-corrected chi connectivity index (χ2v) is 10.8. The monoisotopic (exact) mass is 502 g/mol. The Labute approximate surface area is 176 Å². The third-order valence-electron chi connectivity index (χ3n) is 3.34. The van der Waals surface area contributed by atoms with Crippen LogP contribution >= 0.6 is 39.0 Å². The second kappa shape index (κ2) is 8.55. The molecule has 0 saturated heterocycles. The first-order valence-corrected chi connectivity index (χ1v) is 11.7. The van der Waals surface area contributed by atoms with Crippen LogP contribution in [0.4, 0.5) is 15.9 Å².